The standard InChI is InChI=1S/C15H20N2O4/c16-13(7-9-1-5-12(18)6-2-9)14(19)17-11-4-3-10(8-11)15(20)21/h1-2,5-6,10-11,13,18H,3-4,7-8,16H2,(H,17,19)(H,20,21)/t10-,11+,13?/m1/s1. The third-order valence-electron chi connectivity index (χ3n) is 3.86. The van der Waals surface area contributed by atoms with Gasteiger partial charge in [-0.25, -0.2) is 0 Å². The fraction of sp³-hybridized carbons (Fsp3) is 0.467. The number of carboxylic acid groups (broad SMARTS) is 1. The molecule has 0 heterocycles. The van der Waals surface area contributed by atoms with Gasteiger partial charge in [0, 0.05) is 6.04 Å². The van der Waals surface area contributed by atoms with Crippen LogP contribution in [0.15, 0.2) is 24.3 Å². The highest BCUT2D eigenvalue weighted by Gasteiger charge is 2.31. The number of aliphatic carboxylic acids is 1. The summed E-state index contributed by atoms with van der Waals surface area (Å²) in [6, 6.07) is 5.75. The molecule has 1 saturated carbocycles. The molecule has 0 radical (unpaired) electrons. The highest BCUT2D eigenvalue weighted by Crippen LogP contribution is 2.25. The Morgan fingerprint density at radius 2 is 1.95 bits per heavy atom. The van der Waals surface area contributed by atoms with E-state index in [1.165, 1.54) is 0 Å². The molecular formula is C15H20N2O4. The molecule has 0 aromatic heterocycles. The van der Waals surface area contributed by atoms with Gasteiger partial charge in [-0.3, -0.25) is 9.59 Å². The molecule has 1 amide bonds. The SMILES string of the molecule is NC(Cc1ccc(O)cc1)C(=O)N[C@H]1CC[C@@H](C(=O)O)C1. The van der Waals surface area contributed by atoms with Crippen molar-refractivity contribution in [2.24, 2.45) is 11.7 Å². The molecule has 114 valence electrons. The predicted octanol–water partition coefficient (Wildman–Crippen LogP) is 0.631. The Labute approximate surface area is 123 Å². The Hall–Kier alpha value is -2.08. The van der Waals surface area contributed by atoms with Gasteiger partial charge in [-0.05, 0) is 43.4 Å². The molecule has 1 unspecified atom stereocenters. The van der Waals surface area contributed by atoms with Crippen molar-refractivity contribution in [3.63, 3.8) is 0 Å². The zero-order chi connectivity index (χ0) is 15.4. The summed E-state index contributed by atoms with van der Waals surface area (Å²) in [5.74, 6) is -1.27. The maximum absolute atomic E-state index is 12.0. The number of hydrogen-bond acceptors (Lipinski definition) is 4. The van der Waals surface area contributed by atoms with Gasteiger partial charge in [0.2, 0.25) is 5.91 Å². The van der Waals surface area contributed by atoms with Gasteiger partial charge in [0.15, 0.2) is 0 Å². The molecular weight excluding hydrogens is 272 g/mol. The summed E-state index contributed by atoms with van der Waals surface area (Å²) in [4.78, 5) is 22.9. The van der Waals surface area contributed by atoms with E-state index in [2.05, 4.69) is 5.32 Å². The summed E-state index contributed by atoms with van der Waals surface area (Å²) in [6.45, 7) is 0. The van der Waals surface area contributed by atoms with E-state index >= 15 is 0 Å². The fourth-order valence-electron chi connectivity index (χ4n) is 2.62. The summed E-state index contributed by atoms with van der Waals surface area (Å²) >= 11 is 0. The largest absolute Gasteiger partial charge is 0.508 e. The van der Waals surface area contributed by atoms with Gasteiger partial charge in [-0.2, -0.15) is 0 Å². The number of amides is 1. The van der Waals surface area contributed by atoms with Crippen molar-refractivity contribution in [2.45, 2.75) is 37.8 Å². The summed E-state index contributed by atoms with van der Waals surface area (Å²) in [7, 11) is 0. The second-order valence-corrected chi connectivity index (χ2v) is 5.53. The molecule has 0 saturated heterocycles. The number of nitrogens with two attached hydrogens (primary N) is 1. The maximum Gasteiger partial charge on any atom is 0.306 e. The third kappa shape index (κ3) is 4.19. The maximum atomic E-state index is 12.0. The van der Waals surface area contributed by atoms with Crippen LogP contribution in [0.3, 0.4) is 0 Å². The number of aromatic hydroxyl groups is 1. The predicted molar refractivity (Wildman–Crippen MR) is 76.7 cm³/mol. The molecule has 0 spiro atoms. The molecule has 6 heteroatoms. The van der Waals surface area contributed by atoms with E-state index in [4.69, 9.17) is 10.8 Å². The minimum Gasteiger partial charge on any atom is -0.508 e. The molecule has 1 fully saturated rings. The smallest absolute Gasteiger partial charge is 0.306 e. The Balaban J connectivity index is 1.83. The molecule has 3 atom stereocenters. The summed E-state index contributed by atoms with van der Waals surface area (Å²) in [5.41, 5.74) is 6.73. The van der Waals surface area contributed by atoms with Gasteiger partial charge in [0.25, 0.3) is 0 Å². The number of rotatable bonds is 5. The summed E-state index contributed by atoms with van der Waals surface area (Å²) < 4.78 is 0. The van der Waals surface area contributed by atoms with Crippen LogP contribution in [-0.4, -0.2) is 34.2 Å². The fourth-order valence-corrected chi connectivity index (χ4v) is 2.62. The average Bonchev–Trinajstić information content (AvgIpc) is 2.90. The number of nitrogens with one attached hydrogen (secondary N) is 1. The molecule has 1 aromatic carbocycles. The summed E-state index contributed by atoms with van der Waals surface area (Å²) in [5, 5.41) is 21.0. The van der Waals surface area contributed by atoms with E-state index in [0.29, 0.717) is 25.7 Å². The molecule has 1 aliphatic carbocycles. The molecule has 1 aliphatic rings. The lowest BCUT2D eigenvalue weighted by atomic mass is 10.1. The molecule has 0 bridgehead atoms. The number of carbonyl (C=O) groups is 2. The van der Waals surface area contributed by atoms with Crippen molar-refractivity contribution in [2.75, 3.05) is 0 Å². The monoisotopic (exact) mass is 292 g/mol. The lowest BCUT2D eigenvalue weighted by Crippen LogP contribution is -2.45. The first kappa shape index (κ1) is 15.3. The second kappa shape index (κ2) is 6.58. The number of carbonyl (C=O) groups excluding carboxylic acids is 1. The van der Waals surface area contributed by atoms with Crippen LogP contribution >= 0.6 is 0 Å². The van der Waals surface area contributed by atoms with E-state index in [0.717, 1.165) is 5.56 Å². The lowest BCUT2D eigenvalue weighted by molar-refractivity contribution is -0.141. The number of carboxylic acids is 1. The van der Waals surface area contributed by atoms with E-state index in [-0.39, 0.29) is 23.6 Å². The van der Waals surface area contributed by atoms with Crippen LogP contribution in [0.5, 0.6) is 5.75 Å². The quantitative estimate of drug-likeness (QED) is 0.636. The van der Waals surface area contributed by atoms with E-state index < -0.39 is 12.0 Å². The van der Waals surface area contributed by atoms with Crippen LogP contribution in [0.1, 0.15) is 24.8 Å². The van der Waals surface area contributed by atoms with Crippen LogP contribution in [-0.2, 0) is 16.0 Å². The Kier molecular flexibility index (Phi) is 4.80. The van der Waals surface area contributed by atoms with Crippen molar-refractivity contribution >= 4 is 11.9 Å². The minimum atomic E-state index is -0.805. The van der Waals surface area contributed by atoms with Gasteiger partial charge >= 0.3 is 5.97 Å². The Bertz CT molecular complexity index is 515. The first-order chi connectivity index (χ1) is 9.95. The summed E-state index contributed by atoms with van der Waals surface area (Å²) in [6.07, 6.45) is 2.11. The lowest BCUT2D eigenvalue weighted by Gasteiger charge is -2.17. The topological polar surface area (TPSA) is 113 Å². The third-order valence-corrected chi connectivity index (χ3v) is 3.86. The van der Waals surface area contributed by atoms with Crippen LogP contribution < -0.4 is 11.1 Å². The van der Waals surface area contributed by atoms with E-state index in [1.807, 2.05) is 0 Å². The molecule has 6 nitrogen and oxygen atoms in total. The van der Waals surface area contributed by atoms with E-state index in [9.17, 15) is 14.7 Å². The zero-order valence-electron chi connectivity index (χ0n) is 11.7. The minimum absolute atomic E-state index is 0.107. The average molecular weight is 292 g/mol. The second-order valence-electron chi connectivity index (χ2n) is 5.53. The number of hydrogen-bond donors (Lipinski definition) is 4. The van der Waals surface area contributed by atoms with Crippen molar-refractivity contribution in [3.8, 4) is 5.75 Å². The molecule has 2 rings (SSSR count). The molecule has 21 heavy (non-hydrogen) atoms. The van der Waals surface area contributed by atoms with Crippen molar-refractivity contribution < 1.29 is 19.8 Å². The molecule has 5 N–H and O–H groups in total. The van der Waals surface area contributed by atoms with Crippen molar-refractivity contribution in [3.05, 3.63) is 29.8 Å². The van der Waals surface area contributed by atoms with Gasteiger partial charge in [0.05, 0.1) is 12.0 Å². The van der Waals surface area contributed by atoms with Crippen molar-refractivity contribution in [1.29, 1.82) is 0 Å². The van der Waals surface area contributed by atoms with Crippen LogP contribution in [0.25, 0.3) is 0 Å². The van der Waals surface area contributed by atoms with Crippen molar-refractivity contribution in [1.82, 2.24) is 5.32 Å². The Morgan fingerprint density at radius 1 is 1.29 bits per heavy atom. The van der Waals surface area contributed by atoms with Gasteiger partial charge in [0.1, 0.15) is 5.75 Å². The molecule has 1 aromatic rings. The first-order valence-corrected chi connectivity index (χ1v) is 7.02. The van der Waals surface area contributed by atoms with Gasteiger partial charge in [-0.15, -0.1) is 0 Å². The normalized spacial score (nSPS) is 22.7. The van der Waals surface area contributed by atoms with E-state index in [1.54, 1.807) is 24.3 Å². The highest BCUT2D eigenvalue weighted by molar-refractivity contribution is 5.82. The van der Waals surface area contributed by atoms with Gasteiger partial charge in [-0.1, -0.05) is 12.1 Å². The first-order valence-electron chi connectivity index (χ1n) is 7.02. The van der Waals surface area contributed by atoms with Crippen LogP contribution in [0.2, 0.25) is 0 Å². The van der Waals surface area contributed by atoms with Crippen LogP contribution in [0, 0.1) is 5.92 Å². The molecule has 0 aliphatic heterocycles. The number of benzene rings is 1. The van der Waals surface area contributed by atoms with Crippen LogP contribution in [0.4, 0.5) is 0 Å². The highest BCUT2D eigenvalue weighted by atomic mass is 16.4. The number of phenolic OH excluding ortho intramolecular Hbond substituents is 1. The number of phenols is 1. The van der Waals surface area contributed by atoms with Gasteiger partial charge < -0.3 is 21.3 Å². The zero-order valence-corrected chi connectivity index (χ0v) is 11.7. The Morgan fingerprint density at radius 3 is 2.52 bits per heavy atom.